The molecule has 0 fully saturated rings. The Morgan fingerprint density at radius 3 is 2.70 bits per heavy atom. The minimum atomic E-state index is -0.188. The topological polar surface area (TPSA) is 62.3 Å². The van der Waals surface area contributed by atoms with Gasteiger partial charge in [0.05, 0.1) is 0 Å². The number of anilines is 1. The fourth-order valence-corrected chi connectivity index (χ4v) is 3.24. The normalized spacial score (nSPS) is 14.3. The van der Waals surface area contributed by atoms with Gasteiger partial charge in [0, 0.05) is 25.4 Å². The summed E-state index contributed by atoms with van der Waals surface area (Å²) in [5.41, 5.74) is 2.86. The van der Waals surface area contributed by atoms with Gasteiger partial charge in [-0.15, -0.1) is 11.3 Å². The third-order valence-corrected chi connectivity index (χ3v) is 4.40. The zero-order valence-corrected chi connectivity index (χ0v) is 13.6. The Hall–Kier alpha value is -2.47. The molecule has 5 nitrogen and oxygen atoms in total. The Kier molecular flexibility index (Phi) is 4.52. The summed E-state index contributed by atoms with van der Waals surface area (Å²) < 4.78 is 0. The van der Waals surface area contributed by atoms with E-state index < -0.39 is 0 Å². The molecule has 1 N–H and O–H groups in total. The first-order valence-corrected chi connectivity index (χ1v) is 8.28. The Morgan fingerprint density at radius 1 is 1.26 bits per heavy atom. The van der Waals surface area contributed by atoms with Gasteiger partial charge in [0.1, 0.15) is 5.69 Å². The molecule has 6 heteroatoms. The summed E-state index contributed by atoms with van der Waals surface area (Å²) in [5, 5.41) is 4.74. The minimum Gasteiger partial charge on any atom is -0.333 e. The fraction of sp³-hybridized carbons (Fsp3) is 0.235. The predicted octanol–water partition coefficient (Wildman–Crippen LogP) is 3.03. The molecule has 0 unspecified atom stereocenters. The summed E-state index contributed by atoms with van der Waals surface area (Å²) in [6, 6.07) is 10.2. The van der Waals surface area contributed by atoms with Gasteiger partial charge in [-0.25, -0.2) is 4.98 Å². The highest BCUT2D eigenvalue weighted by atomic mass is 32.1. The van der Waals surface area contributed by atoms with Crippen LogP contribution in [0.1, 0.15) is 29.4 Å². The van der Waals surface area contributed by atoms with Gasteiger partial charge in [-0.05, 0) is 17.6 Å². The molecule has 0 spiro atoms. The molecule has 2 amide bonds. The van der Waals surface area contributed by atoms with E-state index in [0.29, 0.717) is 23.9 Å². The number of hydrogen-bond donors (Lipinski definition) is 1. The molecule has 1 aliphatic rings. The number of benzene rings is 1. The Morgan fingerprint density at radius 2 is 2.04 bits per heavy atom. The zero-order valence-electron chi connectivity index (χ0n) is 12.8. The van der Waals surface area contributed by atoms with Crippen LogP contribution in [0.5, 0.6) is 0 Å². The summed E-state index contributed by atoms with van der Waals surface area (Å²) >= 11 is 1.26. The van der Waals surface area contributed by atoms with Gasteiger partial charge in [0.2, 0.25) is 5.91 Å². The van der Waals surface area contributed by atoms with E-state index in [1.807, 2.05) is 18.2 Å². The molecular formula is C17H17N3O2S. The van der Waals surface area contributed by atoms with E-state index >= 15 is 0 Å². The van der Waals surface area contributed by atoms with Crippen molar-refractivity contribution >= 4 is 33.9 Å². The second kappa shape index (κ2) is 6.75. The van der Waals surface area contributed by atoms with Crippen molar-refractivity contribution in [2.45, 2.75) is 13.3 Å². The molecule has 3 rings (SSSR count). The summed E-state index contributed by atoms with van der Waals surface area (Å²) in [4.78, 5) is 29.4. The third-order valence-electron chi connectivity index (χ3n) is 3.65. The first kappa shape index (κ1) is 15.4. The van der Waals surface area contributed by atoms with Crippen molar-refractivity contribution in [3.63, 3.8) is 0 Å². The molecular weight excluding hydrogens is 310 g/mol. The van der Waals surface area contributed by atoms with Crippen LogP contribution in [0, 0.1) is 0 Å². The molecule has 0 saturated carbocycles. The standard InChI is InChI=1S/C17H17N3O2S/c1-12(21)18-17-19-15(11-23-17)16(22)20-9-7-14(8-10-20)13-5-3-2-4-6-13/h2-7,11H,8-10H2,1H3,(H,18,19,21). The molecule has 0 aliphatic carbocycles. The average Bonchev–Trinajstić information content (AvgIpc) is 3.03. The van der Waals surface area contributed by atoms with Crippen LogP contribution in [-0.4, -0.2) is 34.8 Å². The van der Waals surface area contributed by atoms with Crippen LogP contribution < -0.4 is 5.32 Å². The summed E-state index contributed by atoms with van der Waals surface area (Å²) in [6.07, 6.45) is 2.93. The first-order valence-electron chi connectivity index (χ1n) is 7.40. The van der Waals surface area contributed by atoms with Crippen molar-refractivity contribution in [1.29, 1.82) is 0 Å². The van der Waals surface area contributed by atoms with E-state index in [0.717, 1.165) is 6.42 Å². The Labute approximate surface area is 138 Å². The molecule has 1 aromatic heterocycles. The average molecular weight is 327 g/mol. The van der Waals surface area contributed by atoms with Crippen molar-refractivity contribution in [3.05, 3.63) is 53.0 Å². The summed E-state index contributed by atoms with van der Waals surface area (Å²) in [5.74, 6) is -0.284. The third kappa shape index (κ3) is 3.65. The van der Waals surface area contributed by atoms with Crippen LogP contribution in [0.25, 0.3) is 5.57 Å². The van der Waals surface area contributed by atoms with Crippen molar-refractivity contribution < 1.29 is 9.59 Å². The lowest BCUT2D eigenvalue weighted by Gasteiger charge is -2.26. The number of aromatic nitrogens is 1. The van der Waals surface area contributed by atoms with Crippen molar-refractivity contribution in [2.75, 3.05) is 18.4 Å². The van der Waals surface area contributed by atoms with Crippen LogP contribution in [0.4, 0.5) is 5.13 Å². The molecule has 2 heterocycles. The Balaban J connectivity index is 1.67. The fourth-order valence-electron chi connectivity index (χ4n) is 2.51. The molecule has 2 aromatic rings. The quantitative estimate of drug-likeness (QED) is 0.942. The zero-order chi connectivity index (χ0) is 16.2. The number of thiazole rings is 1. The minimum absolute atomic E-state index is 0.0961. The van der Waals surface area contributed by atoms with E-state index in [1.54, 1.807) is 10.3 Å². The molecule has 0 bridgehead atoms. The second-order valence-electron chi connectivity index (χ2n) is 5.32. The molecule has 1 aromatic carbocycles. The van der Waals surface area contributed by atoms with Crippen molar-refractivity contribution in [1.82, 2.24) is 9.88 Å². The van der Waals surface area contributed by atoms with Gasteiger partial charge >= 0.3 is 0 Å². The van der Waals surface area contributed by atoms with Gasteiger partial charge in [-0.2, -0.15) is 0 Å². The lowest BCUT2D eigenvalue weighted by atomic mass is 9.99. The van der Waals surface area contributed by atoms with E-state index in [9.17, 15) is 9.59 Å². The first-order chi connectivity index (χ1) is 11.1. The number of nitrogens with zero attached hydrogens (tertiary/aromatic N) is 2. The molecule has 0 atom stereocenters. The lowest BCUT2D eigenvalue weighted by molar-refractivity contribution is -0.114. The molecule has 0 radical (unpaired) electrons. The second-order valence-corrected chi connectivity index (χ2v) is 6.17. The maximum absolute atomic E-state index is 12.5. The van der Waals surface area contributed by atoms with Crippen molar-refractivity contribution in [2.24, 2.45) is 0 Å². The number of carbonyl (C=O) groups is 2. The Bertz CT molecular complexity index is 752. The van der Waals surface area contributed by atoms with Crippen LogP contribution in [0.3, 0.4) is 0 Å². The van der Waals surface area contributed by atoms with Crippen molar-refractivity contribution in [3.8, 4) is 0 Å². The monoisotopic (exact) mass is 327 g/mol. The molecule has 118 valence electrons. The van der Waals surface area contributed by atoms with E-state index in [1.165, 1.54) is 29.4 Å². The van der Waals surface area contributed by atoms with Gasteiger partial charge in [-0.3, -0.25) is 9.59 Å². The van der Waals surface area contributed by atoms with Crippen LogP contribution in [-0.2, 0) is 4.79 Å². The predicted molar refractivity (Wildman–Crippen MR) is 91.4 cm³/mol. The maximum Gasteiger partial charge on any atom is 0.273 e. The number of rotatable bonds is 3. The maximum atomic E-state index is 12.5. The number of hydrogen-bond acceptors (Lipinski definition) is 4. The van der Waals surface area contributed by atoms with Gasteiger partial charge in [0.25, 0.3) is 5.91 Å². The highest BCUT2D eigenvalue weighted by molar-refractivity contribution is 7.14. The van der Waals surface area contributed by atoms with Crippen LogP contribution in [0.15, 0.2) is 41.8 Å². The van der Waals surface area contributed by atoms with E-state index in [2.05, 4.69) is 28.5 Å². The van der Waals surface area contributed by atoms with Gasteiger partial charge in [0.15, 0.2) is 5.13 Å². The highest BCUT2D eigenvalue weighted by Gasteiger charge is 2.21. The lowest BCUT2D eigenvalue weighted by Crippen LogP contribution is -2.34. The highest BCUT2D eigenvalue weighted by Crippen LogP contribution is 2.24. The summed E-state index contributed by atoms with van der Waals surface area (Å²) in [6.45, 7) is 2.67. The van der Waals surface area contributed by atoms with Gasteiger partial charge in [-0.1, -0.05) is 36.4 Å². The SMILES string of the molecule is CC(=O)Nc1nc(C(=O)N2CC=C(c3ccccc3)CC2)cs1. The number of carbonyl (C=O) groups excluding carboxylic acids is 2. The van der Waals surface area contributed by atoms with Crippen LogP contribution >= 0.6 is 11.3 Å². The summed E-state index contributed by atoms with van der Waals surface area (Å²) in [7, 11) is 0. The van der Waals surface area contributed by atoms with E-state index in [4.69, 9.17) is 0 Å². The number of amides is 2. The van der Waals surface area contributed by atoms with Gasteiger partial charge < -0.3 is 10.2 Å². The smallest absolute Gasteiger partial charge is 0.273 e. The number of nitrogens with one attached hydrogen (secondary N) is 1. The molecule has 0 saturated heterocycles. The largest absolute Gasteiger partial charge is 0.333 e. The van der Waals surface area contributed by atoms with Crippen LogP contribution in [0.2, 0.25) is 0 Å². The molecule has 1 aliphatic heterocycles. The van der Waals surface area contributed by atoms with E-state index in [-0.39, 0.29) is 11.8 Å². The molecule has 23 heavy (non-hydrogen) atoms.